The van der Waals surface area contributed by atoms with Gasteiger partial charge in [-0.05, 0) is 11.0 Å². The second-order valence-corrected chi connectivity index (χ2v) is 3.43. The number of nitrogens with zero attached hydrogens (tertiary/aromatic N) is 5. The maximum atomic E-state index is 10.9. The summed E-state index contributed by atoms with van der Waals surface area (Å²) in [5.41, 5.74) is -0.181. The Kier molecular flexibility index (Phi) is 2.90. The van der Waals surface area contributed by atoms with E-state index in [9.17, 15) is 14.9 Å². The number of nitro groups is 1. The van der Waals surface area contributed by atoms with Gasteiger partial charge < -0.3 is 15.2 Å². The quantitative estimate of drug-likeness (QED) is 0.649. The number of aromatic nitrogens is 4. The van der Waals surface area contributed by atoms with Crippen LogP contribution in [0.15, 0.2) is 18.6 Å². The highest BCUT2D eigenvalue weighted by molar-refractivity contribution is 6.35. The summed E-state index contributed by atoms with van der Waals surface area (Å²) < 4.78 is 0.937. The molecule has 9 nitrogen and oxygen atoms in total. The van der Waals surface area contributed by atoms with Crippen molar-refractivity contribution in [3.63, 3.8) is 0 Å². The van der Waals surface area contributed by atoms with Crippen LogP contribution in [0.1, 0.15) is 10.4 Å². The van der Waals surface area contributed by atoms with Gasteiger partial charge in [-0.3, -0.25) is 0 Å². The van der Waals surface area contributed by atoms with Gasteiger partial charge in [-0.25, -0.2) is 9.78 Å². The first kappa shape index (κ1) is 11.9. The zero-order valence-corrected chi connectivity index (χ0v) is 9.27. The van der Waals surface area contributed by atoms with Crippen molar-refractivity contribution in [2.45, 2.75) is 0 Å². The van der Waals surface area contributed by atoms with E-state index in [4.69, 9.17) is 16.7 Å². The number of hydrogen-bond donors (Lipinski definition) is 1. The van der Waals surface area contributed by atoms with E-state index < -0.39 is 16.8 Å². The standard InChI is InChI=1S/C8H4ClN5O4/c9-5-4(7(15)16)1-2-10-6(5)13-3-11-8(12-13)14(17)18/h1-3H,(H,15,16). The summed E-state index contributed by atoms with van der Waals surface area (Å²) >= 11 is 5.83. The van der Waals surface area contributed by atoms with Crippen LogP contribution in [0.5, 0.6) is 0 Å². The van der Waals surface area contributed by atoms with Crippen LogP contribution in [-0.4, -0.2) is 35.7 Å². The van der Waals surface area contributed by atoms with Crippen LogP contribution in [-0.2, 0) is 0 Å². The molecule has 2 aromatic rings. The molecule has 18 heavy (non-hydrogen) atoms. The number of carbonyl (C=O) groups is 1. The molecule has 0 saturated carbocycles. The van der Waals surface area contributed by atoms with Crippen molar-refractivity contribution in [1.82, 2.24) is 19.7 Å². The minimum atomic E-state index is -1.24. The Morgan fingerprint density at radius 2 is 2.22 bits per heavy atom. The van der Waals surface area contributed by atoms with Gasteiger partial charge in [-0.1, -0.05) is 16.6 Å². The van der Waals surface area contributed by atoms with Gasteiger partial charge in [0.05, 0.1) is 5.56 Å². The van der Waals surface area contributed by atoms with E-state index in [-0.39, 0.29) is 16.4 Å². The van der Waals surface area contributed by atoms with Crippen molar-refractivity contribution >= 4 is 23.5 Å². The molecular formula is C8H4ClN5O4. The molecule has 92 valence electrons. The van der Waals surface area contributed by atoms with E-state index in [0.717, 1.165) is 11.0 Å². The lowest BCUT2D eigenvalue weighted by atomic mass is 10.2. The molecule has 0 fully saturated rings. The van der Waals surface area contributed by atoms with Crippen molar-refractivity contribution in [2.75, 3.05) is 0 Å². The molecule has 0 aliphatic carbocycles. The molecule has 2 rings (SSSR count). The molecule has 0 atom stereocenters. The second-order valence-electron chi connectivity index (χ2n) is 3.05. The van der Waals surface area contributed by atoms with Gasteiger partial charge in [0.15, 0.2) is 5.82 Å². The van der Waals surface area contributed by atoms with E-state index in [2.05, 4.69) is 15.1 Å². The van der Waals surface area contributed by atoms with Gasteiger partial charge in [0.25, 0.3) is 0 Å². The zero-order valence-electron chi connectivity index (χ0n) is 8.52. The normalized spacial score (nSPS) is 10.3. The summed E-state index contributed by atoms with van der Waals surface area (Å²) in [7, 11) is 0. The highest BCUT2D eigenvalue weighted by atomic mass is 35.5. The number of halogens is 1. The largest absolute Gasteiger partial charge is 0.491 e. The third kappa shape index (κ3) is 1.98. The second kappa shape index (κ2) is 4.37. The van der Waals surface area contributed by atoms with Crippen LogP contribution in [0.4, 0.5) is 5.95 Å². The lowest BCUT2D eigenvalue weighted by Gasteiger charge is -2.01. The van der Waals surface area contributed by atoms with Crippen molar-refractivity contribution in [1.29, 1.82) is 0 Å². The van der Waals surface area contributed by atoms with Crippen LogP contribution < -0.4 is 0 Å². The first-order valence-corrected chi connectivity index (χ1v) is 4.82. The van der Waals surface area contributed by atoms with Gasteiger partial charge in [0.2, 0.25) is 6.33 Å². The predicted octanol–water partition coefficient (Wildman–Crippen LogP) is 0.922. The average molecular weight is 270 g/mol. The number of carboxylic acids is 1. The van der Waals surface area contributed by atoms with Crippen molar-refractivity contribution in [2.24, 2.45) is 0 Å². The number of carboxylic acid groups (broad SMARTS) is 1. The van der Waals surface area contributed by atoms with Gasteiger partial charge in [-0.2, -0.15) is 0 Å². The molecule has 0 unspecified atom stereocenters. The summed E-state index contributed by atoms with van der Waals surface area (Å²) in [6.07, 6.45) is 2.23. The maximum absolute atomic E-state index is 10.9. The molecule has 0 spiro atoms. The van der Waals surface area contributed by atoms with E-state index in [0.29, 0.717) is 0 Å². The van der Waals surface area contributed by atoms with Crippen molar-refractivity contribution in [3.05, 3.63) is 39.3 Å². The first-order valence-electron chi connectivity index (χ1n) is 4.45. The molecular weight excluding hydrogens is 266 g/mol. The lowest BCUT2D eigenvalue weighted by molar-refractivity contribution is -0.394. The molecule has 2 heterocycles. The molecule has 1 N–H and O–H groups in total. The fourth-order valence-corrected chi connectivity index (χ4v) is 1.48. The van der Waals surface area contributed by atoms with Crippen LogP contribution in [0.3, 0.4) is 0 Å². The van der Waals surface area contributed by atoms with Crippen LogP contribution in [0.2, 0.25) is 5.02 Å². The lowest BCUT2D eigenvalue weighted by Crippen LogP contribution is -2.05. The van der Waals surface area contributed by atoms with E-state index >= 15 is 0 Å². The summed E-state index contributed by atoms with van der Waals surface area (Å²) in [4.78, 5) is 27.7. The monoisotopic (exact) mass is 269 g/mol. The smallest absolute Gasteiger partial charge is 0.478 e. The fourth-order valence-electron chi connectivity index (χ4n) is 1.20. The minimum absolute atomic E-state index is 0.0443. The molecule has 2 aromatic heterocycles. The third-order valence-electron chi connectivity index (χ3n) is 1.96. The summed E-state index contributed by atoms with van der Waals surface area (Å²) in [5.74, 6) is -1.91. The highest BCUT2D eigenvalue weighted by Gasteiger charge is 2.20. The van der Waals surface area contributed by atoms with Crippen LogP contribution >= 0.6 is 11.6 Å². The van der Waals surface area contributed by atoms with Gasteiger partial charge >= 0.3 is 11.9 Å². The molecule has 0 radical (unpaired) electrons. The zero-order chi connectivity index (χ0) is 13.3. The summed E-state index contributed by atoms with van der Waals surface area (Å²) in [6.45, 7) is 0. The molecule has 0 bridgehead atoms. The number of aromatic carboxylic acids is 1. The number of rotatable bonds is 3. The van der Waals surface area contributed by atoms with E-state index in [1.165, 1.54) is 12.3 Å². The van der Waals surface area contributed by atoms with Crippen molar-refractivity contribution in [3.8, 4) is 5.82 Å². The Hall–Kier alpha value is -2.55. The molecule has 0 saturated heterocycles. The Morgan fingerprint density at radius 3 is 2.78 bits per heavy atom. The van der Waals surface area contributed by atoms with Gasteiger partial charge in [-0.15, -0.1) is 4.68 Å². The van der Waals surface area contributed by atoms with Gasteiger partial charge in [0.1, 0.15) is 5.02 Å². The highest BCUT2D eigenvalue weighted by Crippen LogP contribution is 2.22. The Labute approximate surface area is 104 Å². The average Bonchev–Trinajstić information content (AvgIpc) is 2.78. The predicted molar refractivity (Wildman–Crippen MR) is 57.8 cm³/mol. The molecule has 0 amide bonds. The van der Waals surface area contributed by atoms with Crippen LogP contribution in [0.25, 0.3) is 5.82 Å². The molecule has 0 aliphatic heterocycles. The van der Waals surface area contributed by atoms with Crippen molar-refractivity contribution < 1.29 is 14.8 Å². The minimum Gasteiger partial charge on any atom is -0.478 e. The Balaban J connectivity index is 2.53. The topological polar surface area (TPSA) is 124 Å². The SMILES string of the molecule is O=C(O)c1ccnc(-n2cnc([N+](=O)[O-])n2)c1Cl. The molecule has 0 aromatic carbocycles. The third-order valence-corrected chi connectivity index (χ3v) is 2.33. The fraction of sp³-hybridized carbons (Fsp3) is 0. The Bertz CT molecular complexity index is 640. The molecule has 10 heteroatoms. The summed E-state index contributed by atoms with van der Waals surface area (Å²) in [6, 6.07) is 1.21. The van der Waals surface area contributed by atoms with Gasteiger partial charge in [0, 0.05) is 11.3 Å². The maximum Gasteiger partial charge on any atom is 0.491 e. The van der Waals surface area contributed by atoms with Crippen LogP contribution in [0, 0.1) is 10.1 Å². The van der Waals surface area contributed by atoms with E-state index in [1.54, 1.807) is 0 Å². The molecule has 0 aliphatic rings. The van der Waals surface area contributed by atoms with E-state index in [1.807, 2.05) is 0 Å². The number of hydrogen-bond acceptors (Lipinski definition) is 6. The Morgan fingerprint density at radius 1 is 1.50 bits per heavy atom. The summed E-state index contributed by atoms with van der Waals surface area (Å²) in [5, 5.41) is 22.6. The first-order chi connectivity index (χ1) is 8.50. The number of pyridine rings is 1.